The Labute approximate surface area is 381 Å². The number of hydrogen-bond acceptors (Lipinski definition) is 10. The molecule has 4 atom stereocenters. The Morgan fingerprint density at radius 3 is 2.14 bits per heavy atom. The highest BCUT2D eigenvalue weighted by Gasteiger charge is 2.45. The van der Waals surface area contributed by atoms with Gasteiger partial charge in [0.1, 0.15) is 11.9 Å². The summed E-state index contributed by atoms with van der Waals surface area (Å²) in [6.45, 7) is 10.1. The lowest BCUT2D eigenvalue weighted by atomic mass is 9.90. The topological polar surface area (TPSA) is 120 Å². The summed E-state index contributed by atoms with van der Waals surface area (Å²) in [7, 11) is 4.35. The number of nitrogens with one attached hydrogen (secondary N) is 1. The molecule has 5 amide bonds. The number of rotatable bonds is 10. The zero-order chi connectivity index (χ0) is 44.9. The first-order valence-electron chi connectivity index (χ1n) is 24.1. The van der Waals surface area contributed by atoms with Gasteiger partial charge in [-0.2, -0.15) is 0 Å². The smallest absolute Gasteiger partial charge is 0.262 e. The number of piperidine rings is 3. The van der Waals surface area contributed by atoms with Crippen molar-refractivity contribution in [2.45, 2.75) is 81.8 Å². The summed E-state index contributed by atoms with van der Waals surface area (Å²) in [6, 6.07) is 19.7. The molecule has 0 saturated carbocycles. The third kappa shape index (κ3) is 8.57. The van der Waals surface area contributed by atoms with Crippen molar-refractivity contribution < 1.29 is 28.4 Å². The maximum absolute atomic E-state index is 15.0. The van der Waals surface area contributed by atoms with E-state index in [0.717, 1.165) is 114 Å². The van der Waals surface area contributed by atoms with Crippen LogP contribution in [0.25, 0.3) is 0 Å². The molecule has 10 rings (SSSR count). The Kier molecular flexibility index (Phi) is 12.3. The molecule has 5 saturated heterocycles. The molecule has 5 fully saturated rings. The van der Waals surface area contributed by atoms with E-state index >= 15 is 0 Å². The Bertz CT molecular complexity index is 2320. The number of anilines is 2. The second-order valence-corrected chi connectivity index (χ2v) is 19.9. The molecule has 6 heterocycles. The molecular formula is C51H63FN8O5. The van der Waals surface area contributed by atoms with E-state index in [2.05, 4.69) is 79.1 Å². The van der Waals surface area contributed by atoms with E-state index < -0.39 is 29.7 Å². The van der Waals surface area contributed by atoms with E-state index in [1.807, 2.05) is 12.1 Å². The number of benzene rings is 3. The average Bonchev–Trinajstić information content (AvgIpc) is 4.04. The van der Waals surface area contributed by atoms with E-state index in [9.17, 15) is 28.4 Å². The normalized spacial score (nSPS) is 26.1. The number of piperazine rings is 1. The third-order valence-corrected chi connectivity index (χ3v) is 16.1. The van der Waals surface area contributed by atoms with Gasteiger partial charge in [-0.05, 0) is 125 Å². The van der Waals surface area contributed by atoms with Gasteiger partial charge in [-0.1, -0.05) is 24.3 Å². The summed E-state index contributed by atoms with van der Waals surface area (Å²) in [5.41, 5.74) is 6.13. The van der Waals surface area contributed by atoms with Crippen molar-refractivity contribution in [3.8, 4) is 0 Å². The van der Waals surface area contributed by atoms with E-state index in [4.69, 9.17) is 0 Å². The molecule has 344 valence electrons. The number of aryl methyl sites for hydroxylation is 1. The largest absolute Gasteiger partial charge is 0.371 e. The number of amides is 5. The van der Waals surface area contributed by atoms with Gasteiger partial charge in [0.2, 0.25) is 17.7 Å². The molecule has 3 aromatic rings. The van der Waals surface area contributed by atoms with Gasteiger partial charge in [0.05, 0.1) is 11.1 Å². The van der Waals surface area contributed by atoms with Crippen LogP contribution in [0.4, 0.5) is 15.8 Å². The summed E-state index contributed by atoms with van der Waals surface area (Å²) in [4.78, 5) is 79.6. The fourth-order valence-corrected chi connectivity index (χ4v) is 12.2. The van der Waals surface area contributed by atoms with E-state index in [-0.39, 0.29) is 47.7 Å². The number of nitrogens with zero attached hydrogens (tertiary/aromatic N) is 7. The highest BCUT2D eigenvalue weighted by atomic mass is 19.1. The van der Waals surface area contributed by atoms with Crippen LogP contribution in [0.1, 0.15) is 101 Å². The number of carbonyl (C=O) groups is 5. The molecule has 2 unspecified atom stereocenters. The fourth-order valence-electron chi connectivity index (χ4n) is 12.2. The Morgan fingerprint density at radius 1 is 0.723 bits per heavy atom. The summed E-state index contributed by atoms with van der Waals surface area (Å²) in [5, 5.41) is 2.24. The van der Waals surface area contributed by atoms with Gasteiger partial charge >= 0.3 is 0 Å². The van der Waals surface area contributed by atoms with Crippen LogP contribution >= 0.6 is 0 Å². The van der Waals surface area contributed by atoms with Crippen molar-refractivity contribution in [1.29, 1.82) is 0 Å². The number of imide groups is 2. The Hall–Kier alpha value is -5.18. The molecule has 3 aromatic carbocycles. The molecule has 0 radical (unpaired) electrons. The van der Waals surface area contributed by atoms with Crippen molar-refractivity contribution in [3.63, 3.8) is 0 Å². The SMILES string of the molecule is CN(C)[C@H]1CN(C2CCc3cccc(F)c32)C[C@@H]1c1ccc(N2CCN(CCC3CCN(C(=O)C4CCN(c5ccc6c(c5)C(=O)N(C5CCC(=O)NC5=O)C6=O)CC4)CC3)CC2)cc1. The summed E-state index contributed by atoms with van der Waals surface area (Å²) in [5.74, 6) is -0.828. The monoisotopic (exact) mass is 886 g/mol. The number of likely N-dealkylation sites (tertiary alicyclic amines) is 2. The Balaban J connectivity index is 0.646. The zero-order valence-corrected chi connectivity index (χ0v) is 37.9. The highest BCUT2D eigenvalue weighted by Crippen LogP contribution is 2.43. The van der Waals surface area contributed by atoms with Crippen LogP contribution in [0, 0.1) is 17.7 Å². The molecule has 13 nitrogen and oxygen atoms in total. The van der Waals surface area contributed by atoms with Crippen LogP contribution < -0.4 is 15.1 Å². The van der Waals surface area contributed by atoms with Crippen LogP contribution in [-0.4, -0.2) is 152 Å². The van der Waals surface area contributed by atoms with Crippen molar-refractivity contribution in [2.24, 2.45) is 11.8 Å². The summed E-state index contributed by atoms with van der Waals surface area (Å²) < 4.78 is 15.0. The number of likely N-dealkylation sites (N-methyl/N-ethyl adjacent to an activating group) is 1. The van der Waals surface area contributed by atoms with Crippen LogP contribution in [0.3, 0.4) is 0 Å². The maximum Gasteiger partial charge on any atom is 0.262 e. The van der Waals surface area contributed by atoms with E-state index in [1.54, 1.807) is 18.2 Å². The second kappa shape index (κ2) is 18.2. The van der Waals surface area contributed by atoms with Crippen molar-refractivity contribution in [1.82, 2.24) is 29.8 Å². The van der Waals surface area contributed by atoms with Gasteiger partial charge in [0.25, 0.3) is 11.8 Å². The molecule has 7 aliphatic rings. The first kappa shape index (κ1) is 43.7. The third-order valence-electron chi connectivity index (χ3n) is 16.1. The van der Waals surface area contributed by atoms with Gasteiger partial charge in [-0.25, -0.2) is 4.39 Å². The van der Waals surface area contributed by atoms with Crippen LogP contribution in [-0.2, 0) is 20.8 Å². The number of fused-ring (bicyclic) bond motifs is 2. The molecule has 0 spiro atoms. The first-order valence-corrected chi connectivity index (χ1v) is 24.1. The van der Waals surface area contributed by atoms with Crippen LogP contribution in [0.2, 0.25) is 0 Å². The van der Waals surface area contributed by atoms with Crippen LogP contribution in [0.15, 0.2) is 60.7 Å². The molecule has 6 aliphatic heterocycles. The molecule has 1 N–H and O–H groups in total. The van der Waals surface area contributed by atoms with Gasteiger partial charge < -0.3 is 19.6 Å². The standard InChI is InChI=1S/C51H63FN8O5/c1-54(2)45-32-59(43-13-8-35-4-3-5-42(52)47(35)43)31-41(45)34-6-9-37(10-7-34)57-28-26-55(27-29-57)21-16-33-17-22-58(23-18-33)49(63)36-19-24-56(25-20-36)38-11-12-39-40(30-38)51(65)60(50(39)64)44-14-15-46(61)53-48(44)62/h3-7,9-12,30,33,36,41,43-45H,8,13-29,31-32H2,1-2H3,(H,53,61,62)/t41-,43?,44?,45+/m1/s1. The first-order chi connectivity index (χ1) is 31.5. The lowest BCUT2D eigenvalue weighted by Crippen LogP contribution is -2.54. The fraction of sp³-hybridized carbons (Fsp3) is 0.549. The minimum absolute atomic E-state index is 0.0218. The quantitative estimate of drug-likeness (QED) is 0.282. The summed E-state index contributed by atoms with van der Waals surface area (Å²) >= 11 is 0. The molecule has 14 heteroatoms. The minimum atomic E-state index is -0.988. The average molecular weight is 887 g/mol. The predicted octanol–water partition coefficient (Wildman–Crippen LogP) is 4.91. The van der Waals surface area contributed by atoms with Gasteiger partial charge in [0.15, 0.2) is 0 Å². The van der Waals surface area contributed by atoms with E-state index in [1.165, 1.54) is 23.2 Å². The van der Waals surface area contributed by atoms with Gasteiger partial charge in [-0.15, -0.1) is 0 Å². The highest BCUT2D eigenvalue weighted by molar-refractivity contribution is 6.23. The molecule has 65 heavy (non-hydrogen) atoms. The van der Waals surface area contributed by atoms with Crippen molar-refractivity contribution >= 4 is 40.9 Å². The maximum atomic E-state index is 15.0. The van der Waals surface area contributed by atoms with Gasteiger partial charge in [-0.3, -0.25) is 44.0 Å². The molecule has 0 aromatic heterocycles. The van der Waals surface area contributed by atoms with Gasteiger partial charge in [0, 0.05) is 113 Å². The number of halogens is 1. The number of carbonyl (C=O) groups excluding carboxylic acids is 5. The number of hydrogen-bond donors (Lipinski definition) is 1. The molecule has 0 bridgehead atoms. The van der Waals surface area contributed by atoms with Crippen LogP contribution in [0.5, 0.6) is 0 Å². The second-order valence-electron chi connectivity index (χ2n) is 19.9. The predicted molar refractivity (Wildman–Crippen MR) is 246 cm³/mol. The lowest BCUT2D eigenvalue weighted by molar-refractivity contribution is -0.138. The van der Waals surface area contributed by atoms with Crippen molar-refractivity contribution in [2.75, 3.05) is 95.9 Å². The Morgan fingerprint density at radius 2 is 1.42 bits per heavy atom. The van der Waals surface area contributed by atoms with Crippen molar-refractivity contribution in [3.05, 3.63) is 94.3 Å². The zero-order valence-electron chi connectivity index (χ0n) is 37.9. The lowest BCUT2D eigenvalue weighted by Gasteiger charge is -2.39. The molecule has 1 aliphatic carbocycles. The van der Waals surface area contributed by atoms with E-state index in [0.29, 0.717) is 31.0 Å². The minimum Gasteiger partial charge on any atom is -0.371 e. The summed E-state index contributed by atoms with van der Waals surface area (Å²) in [6.07, 6.45) is 6.89. The molecular weight excluding hydrogens is 824 g/mol.